The number of carbonyl (C=O) groups excluding carboxylic acids is 1. The molecule has 0 aromatic carbocycles. The highest BCUT2D eigenvalue weighted by Gasteiger charge is 2.41. The van der Waals surface area contributed by atoms with Crippen LogP contribution in [0.15, 0.2) is 0 Å². The molecule has 1 aliphatic carbocycles. The fourth-order valence-electron chi connectivity index (χ4n) is 2.65. The predicted molar refractivity (Wildman–Crippen MR) is 61.6 cm³/mol. The second-order valence-electron chi connectivity index (χ2n) is 5.17. The Morgan fingerprint density at radius 3 is 2.35 bits per heavy atom. The minimum Gasteiger partial charge on any atom is -0.347 e. The number of hydrogen-bond donors (Lipinski definition) is 1. The van der Waals surface area contributed by atoms with Crippen molar-refractivity contribution < 1.29 is 14.3 Å². The third kappa shape index (κ3) is 2.26. The molecule has 1 saturated carbocycles. The van der Waals surface area contributed by atoms with Gasteiger partial charge in [-0.05, 0) is 19.3 Å². The molecule has 17 heavy (non-hydrogen) atoms. The normalized spacial score (nSPS) is 28.1. The molecule has 0 unspecified atom stereocenters. The number of urea groups is 1. The van der Waals surface area contributed by atoms with Crippen LogP contribution in [0.25, 0.3) is 0 Å². The topological polar surface area (TPSA) is 50.8 Å². The van der Waals surface area contributed by atoms with E-state index in [1.54, 1.807) is 0 Å². The maximum atomic E-state index is 11.9. The van der Waals surface area contributed by atoms with E-state index < -0.39 is 0 Å². The molecule has 0 aromatic heterocycles. The lowest BCUT2D eigenvalue weighted by Gasteiger charge is -2.38. The van der Waals surface area contributed by atoms with E-state index in [4.69, 9.17) is 9.47 Å². The lowest BCUT2D eigenvalue weighted by molar-refractivity contribution is -0.181. The number of carbonyl (C=O) groups is 1. The zero-order chi connectivity index (χ0) is 11.7. The molecule has 0 bridgehead atoms. The summed E-state index contributed by atoms with van der Waals surface area (Å²) in [5.74, 6) is -0.382. The molecule has 5 nitrogen and oxygen atoms in total. The minimum absolute atomic E-state index is 0.0857. The molecule has 0 aromatic rings. The van der Waals surface area contributed by atoms with Crippen LogP contribution in [0.3, 0.4) is 0 Å². The van der Waals surface area contributed by atoms with Crippen LogP contribution in [0.1, 0.15) is 32.1 Å². The van der Waals surface area contributed by atoms with Crippen LogP contribution >= 0.6 is 0 Å². The van der Waals surface area contributed by atoms with Gasteiger partial charge in [-0.1, -0.05) is 0 Å². The number of nitrogens with one attached hydrogen (secondary N) is 1. The molecule has 3 aliphatic rings. The molecule has 96 valence electrons. The first-order chi connectivity index (χ1) is 8.27. The molecule has 1 spiro atoms. The third-order valence-electron chi connectivity index (χ3n) is 4.06. The lowest BCUT2D eigenvalue weighted by atomic mass is 9.93. The fourth-order valence-corrected chi connectivity index (χ4v) is 2.65. The number of likely N-dealkylation sites (tertiary alicyclic amines) is 1. The Labute approximate surface area is 101 Å². The van der Waals surface area contributed by atoms with E-state index in [0.29, 0.717) is 19.3 Å². The van der Waals surface area contributed by atoms with Gasteiger partial charge in [0.2, 0.25) is 0 Å². The monoisotopic (exact) mass is 240 g/mol. The van der Waals surface area contributed by atoms with Gasteiger partial charge in [0, 0.05) is 32.0 Å². The van der Waals surface area contributed by atoms with Gasteiger partial charge in [-0.15, -0.1) is 0 Å². The number of ether oxygens (including phenoxy) is 2. The first-order valence-electron chi connectivity index (χ1n) is 6.61. The summed E-state index contributed by atoms with van der Waals surface area (Å²) in [4.78, 5) is 13.8. The Kier molecular flexibility index (Phi) is 2.96. The van der Waals surface area contributed by atoms with Gasteiger partial charge in [0.1, 0.15) is 0 Å². The van der Waals surface area contributed by atoms with Crippen molar-refractivity contribution >= 4 is 6.03 Å². The Hall–Kier alpha value is -0.810. The second kappa shape index (κ2) is 4.46. The fraction of sp³-hybridized carbons (Fsp3) is 0.917. The van der Waals surface area contributed by atoms with Crippen molar-refractivity contribution in [2.45, 2.75) is 43.9 Å². The summed E-state index contributed by atoms with van der Waals surface area (Å²) in [6, 6.07) is 0.500. The summed E-state index contributed by atoms with van der Waals surface area (Å²) in [5.41, 5.74) is 0. The highest BCUT2D eigenvalue weighted by molar-refractivity contribution is 5.74. The van der Waals surface area contributed by atoms with Crippen LogP contribution in [0, 0.1) is 0 Å². The minimum atomic E-state index is -0.382. The van der Waals surface area contributed by atoms with Crippen LogP contribution in [0.5, 0.6) is 0 Å². The van der Waals surface area contributed by atoms with E-state index in [1.807, 2.05) is 4.90 Å². The van der Waals surface area contributed by atoms with Gasteiger partial charge in [0.25, 0.3) is 0 Å². The van der Waals surface area contributed by atoms with Gasteiger partial charge >= 0.3 is 6.03 Å². The Bertz CT molecular complexity index is 288. The summed E-state index contributed by atoms with van der Waals surface area (Å²) < 4.78 is 11.3. The van der Waals surface area contributed by atoms with Crippen molar-refractivity contribution in [3.8, 4) is 0 Å². The molecule has 0 radical (unpaired) electrons. The predicted octanol–water partition coefficient (Wildman–Crippen LogP) is 1.09. The molecule has 2 heterocycles. The van der Waals surface area contributed by atoms with Crippen LogP contribution < -0.4 is 5.32 Å². The average molecular weight is 240 g/mol. The van der Waals surface area contributed by atoms with Crippen molar-refractivity contribution in [1.82, 2.24) is 10.2 Å². The molecule has 0 atom stereocenters. The molecular formula is C12H20N2O3. The van der Waals surface area contributed by atoms with Crippen molar-refractivity contribution in [1.29, 1.82) is 0 Å². The highest BCUT2D eigenvalue weighted by Crippen LogP contribution is 2.31. The molecular weight excluding hydrogens is 220 g/mol. The van der Waals surface area contributed by atoms with Crippen LogP contribution in [-0.2, 0) is 9.47 Å². The van der Waals surface area contributed by atoms with Gasteiger partial charge in [-0.2, -0.15) is 0 Å². The van der Waals surface area contributed by atoms with Gasteiger partial charge in [-0.3, -0.25) is 0 Å². The van der Waals surface area contributed by atoms with Crippen molar-refractivity contribution in [2.24, 2.45) is 0 Å². The van der Waals surface area contributed by atoms with E-state index in [0.717, 1.165) is 38.8 Å². The first kappa shape index (κ1) is 11.3. The van der Waals surface area contributed by atoms with Crippen LogP contribution in [0.4, 0.5) is 4.79 Å². The van der Waals surface area contributed by atoms with E-state index >= 15 is 0 Å². The molecule has 3 rings (SSSR count). The maximum absolute atomic E-state index is 11.9. The van der Waals surface area contributed by atoms with E-state index in [-0.39, 0.29) is 11.8 Å². The summed E-state index contributed by atoms with van der Waals surface area (Å²) in [6.45, 7) is 2.85. The van der Waals surface area contributed by atoms with Gasteiger partial charge in [0.05, 0.1) is 13.2 Å². The maximum Gasteiger partial charge on any atom is 0.317 e. The zero-order valence-corrected chi connectivity index (χ0v) is 10.1. The third-order valence-corrected chi connectivity index (χ3v) is 4.06. The number of amides is 2. The number of nitrogens with zero attached hydrogens (tertiary/aromatic N) is 1. The van der Waals surface area contributed by atoms with Crippen molar-refractivity contribution in [2.75, 3.05) is 26.3 Å². The molecule has 1 N–H and O–H groups in total. The molecule has 2 amide bonds. The molecule has 2 aliphatic heterocycles. The average Bonchev–Trinajstić information content (AvgIpc) is 2.73. The Morgan fingerprint density at radius 1 is 1.18 bits per heavy atom. The first-order valence-corrected chi connectivity index (χ1v) is 6.61. The van der Waals surface area contributed by atoms with E-state index in [9.17, 15) is 4.79 Å². The SMILES string of the molecule is O=C(NC1CCC1)N1CCC2(CC1)OCCO2. The van der Waals surface area contributed by atoms with Gasteiger partial charge in [-0.25, -0.2) is 4.79 Å². The second-order valence-corrected chi connectivity index (χ2v) is 5.17. The van der Waals surface area contributed by atoms with Crippen LogP contribution in [0.2, 0.25) is 0 Å². The van der Waals surface area contributed by atoms with E-state index in [2.05, 4.69) is 5.32 Å². The highest BCUT2D eigenvalue weighted by atomic mass is 16.7. The van der Waals surface area contributed by atoms with Gasteiger partial charge < -0.3 is 19.7 Å². The molecule has 5 heteroatoms. The van der Waals surface area contributed by atoms with Crippen molar-refractivity contribution in [3.05, 3.63) is 0 Å². The summed E-state index contributed by atoms with van der Waals surface area (Å²) >= 11 is 0. The smallest absolute Gasteiger partial charge is 0.317 e. The van der Waals surface area contributed by atoms with Crippen LogP contribution in [-0.4, -0.2) is 49.1 Å². The Morgan fingerprint density at radius 2 is 1.82 bits per heavy atom. The zero-order valence-electron chi connectivity index (χ0n) is 10.1. The standard InChI is InChI=1S/C12H20N2O3/c15-11(13-10-2-1-3-10)14-6-4-12(5-7-14)16-8-9-17-12/h10H,1-9H2,(H,13,15). The van der Waals surface area contributed by atoms with E-state index in [1.165, 1.54) is 6.42 Å². The quantitative estimate of drug-likeness (QED) is 0.746. The van der Waals surface area contributed by atoms with Crippen molar-refractivity contribution in [3.63, 3.8) is 0 Å². The Balaban J connectivity index is 1.48. The molecule has 2 saturated heterocycles. The summed E-state index contributed by atoms with van der Waals surface area (Å²) in [6.07, 6.45) is 5.11. The van der Waals surface area contributed by atoms with Gasteiger partial charge in [0.15, 0.2) is 5.79 Å². The lowest BCUT2D eigenvalue weighted by Crippen LogP contribution is -2.53. The number of piperidine rings is 1. The number of rotatable bonds is 1. The number of hydrogen-bond acceptors (Lipinski definition) is 3. The summed E-state index contributed by atoms with van der Waals surface area (Å²) in [7, 11) is 0. The largest absolute Gasteiger partial charge is 0.347 e. The summed E-state index contributed by atoms with van der Waals surface area (Å²) in [5, 5.41) is 3.07. The molecule has 3 fully saturated rings.